The summed E-state index contributed by atoms with van der Waals surface area (Å²) in [4.78, 5) is 47.0. The number of aryl methyl sites for hydroxylation is 2. The monoisotopic (exact) mass is 570 g/mol. The van der Waals surface area contributed by atoms with Gasteiger partial charge in [0.25, 0.3) is 11.8 Å². The van der Waals surface area contributed by atoms with Gasteiger partial charge >= 0.3 is 0 Å². The van der Waals surface area contributed by atoms with Crippen LogP contribution in [0.15, 0.2) is 94.1 Å². The predicted octanol–water partition coefficient (Wildman–Crippen LogP) is 5.58. The lowest BCUT2D eigenvalue weighted by molar-refractivity contribution is -0.126. The van der Waals surface area contributed by atoms with Crippen LogP contribution in [0.25, 0.3) is 11.0 Å². The first-order valence-corrected chi connectivity index (χ1v) is 14.1. The summed E-state index contributed by atoms with van der Waals surface area (Å²) in [6, 6.07) is 26.0. The van der Waals surface area contributed by atoms with E-state index in [0.717, 1.165) is 22.3 Å². The smallest absolute Gasteiger partial charge is 0.291 e. The first kappa shape index (κ1) is 25.3. The number of ether oxygens (including phenoxy) is 2. The van der Waals surface area contributed by atoms with Crippen LogP contribution < -0.4 is 19.8 Å². The zero-order valence-electron chi connectivity index (χ0n) is 23.5. The van der Waals surface area contributed by atoms with Crippen LogP contribution in [0.2, 0.25) is 0 Å². The van der Waals surface area contributed by atoms with E-state index < -0.39 is 11.4 Å². The molecule has 2 amide bonds. The maximum Gasteiger partial charge on any atom is 0.291 e. The van der Waals surface area contributed by atoms with E-state index in [2.05, 4.69) is 0 Å². The molecule has 0 bridgehead atoms. The molecule has 0 radical (unpaired) electrons. The van der Waals surface area contributed by atoms with Gasteiger partial charge in [-0.1, -0.05) is 65.7 Å². The molecule has 3 aliphatic rings. The number of amides is 2. The van der Waals surface area contributed by atoms with Crippen molar-refractivity contribution in [2.45, 2.75) is 32.5 Å². The van der Waals surface area contributed by atoms with Crippen molar-refractivity contribution >= 4 is 28.5 Å². The Morgan fingerprint density at radius 1 is 0.767 bits per heavy atom. The molecule has 1 unspecified atom stereocenters. The van der Waals surface area contributed by atoms with Crippen LogP contribution >= 0.6 is 0 Å². The molecule has 3 aliphatic heterocycles. The molecule has 0 saturated heterocycles. The van der Waals surface area contributed by atoms with Crippen LogP contribution in [0, 0.1) is 13.8 Å². The minimum atomic E-state index is -1.72. The molecule has 8 nitrogen and oxygen atoms in total. The summed E-state index contributed by atoms with van der Waals surface area (Å²) in [5, 5.41) is 0.332. The third kappa shape index (κ3) is 3.53. The van der Waals surface area contributed by atoms with Gasteiger partial charge in [0.15, 0.2) is 22.5 Å². The quantitative estimate of drug-likeness (QED) is 0.280. The van der Waals surface area contributed by atoms with Crippen molar-refractivity contribution in [1.29, 1.82) is 0 Å². The molecule has 8 heteroatoms. The van der Waals surface area contributed by atoms with Crippen molar-refractivity contribution < 1.29 is 23.5 Å². The standard InChI is InChI=1S/C35H26N2O6/c1-20-6-5-7-22(14-20)17-36-26-9-4-3-8-25(26)35(34(36)40)30-31(38)24-15-21(2)10-12-27(24)43-32(30)33(39)37(35)18-23-11-13-28-29(16-23)42-19-41-28/h3-16H,17-19H2,1-2H3. The van der Waals surface area contributed by atoms with Crippen molar-refractivity contribution in [2.75, 3.05) is 11.7 Å². The minimum Gasteiger partial charge on any atom is -0.454 e. The van der Waals surface area contributed by atoms with E-state index in [1.807, 2.05) is 74.5 Å². The number of hydrogen-bond donors (Lipinski definition) is 0. The number of hydrogen-bond acceptors (Lipinski definition) is 6. The minimum absolute atomic E-state index is 0.0346. The Balaban J connectivity index is 1.38. The normalized spacial score (nSPS) is 18.2. The fourth-order valence-corrected chi connectivity index (χ4v) is 6.70. The van der Waals surface area contributed by atoms with E-state index in [4.69, 9.17) is 13.9 Å². The Kier molecular flexibility index (Phi) is 5.34. The average Bonchev–Trinajstić information content (AvgIpc) is 3.64. The number of para-hydroxylation sites is 1. The molecule has 0 N–H and O–H groups in total. The lowest BCUT2D eigenvalue weighted by Gasteiger charge is -2.34. The Bertz CT molecular complexity index is 2080. The highest BCUT2D eigenvalue weighted by Gasteiger charge is 2.65. The number of benzene rings is 4. The van der Waals surface area contributed by atoms with Crippen LogP contribution in [0.3, 0.4) is 0 Å². The molecular weight excluding hydrogens is 544 g/mol. The van der Waals surface area contributed by atoms with Gasteiger partial charge in [-0.05, 0) is 55.3 Å². The number of carbonyl (C=O) groups excluding carboxylic acids is 2. The van der Waals surface area contributed by atoms with E-state index in [1.165, 1.54) is 4.90 Å². The van der Waals surface area contributed by atoms with Gasteiger partial charge in [-0.3, -0.25) is 14.4 Å². The van der Waals surface area contributed by atoms with Crippen LogP contribution in [0.5, 0.6) is 11.5 Å². The van der Waals surface area contributed by atoms with Gasteiger partial charge in [-0.15, -0.1) is 0 Å². The first-order valence-electron chi connectivity index (χ1n) is 14.1. The summed E-state index contributed by atoms with van der Waals surface area (Å²) >= 11 is 0. The zero-order valence-corrected chi connectivity index (χ0v) is 23.5. The Labute approximate surface area is 246 Å². The molecule has 4 aromatic carbocycles. The van der Waals surface area contributed by atoms with Crippen molar-refractivity contribution in [3.63, 3.8) is 0 Å². The van der Waals surface area contributed by atoms with E-state index in [0.29, 0.717) is 33.7 Å². The van der Waals surface area contributed by atoms with Gasteiger partial charge < -0.3 is 23.7 Å². The summed E-state index contributed by atoms with van der Waals surface area (Å²) in [6.45, 7) is 4.31. The molecule has 0 saturated carbocycles. The van der Waals surface area contributed by atoms with Crippen molar-refractivity contribution in [3.05, 3.63) is 134 Å². The maximum absolute atomic E-state index is 15.0. The van der Waals surface area contributed by atoms with E-state index in [-0.39, 0.29) is 42.5 Å². The SMILES string of the molecule is Cc1cccc(CN2C(=O)C3(c4ccccc42)c2c(oc4ccc(C)cc4c2=O)C(=O)N3Cc2ccc3c(c2)OCO3)c1. The molecule has 212 valence electrons. The summed E-state index contributed by atoms with van der Waals surface area (Å²) in [5.74, 6) is 0.169. The largest absolute Gasteiger partial charge is 0.454 e. The highest BCUT2D eigenvalue weighted by molar-refractivity contribution is 6.17. The Hall–Kier alpha value is -5.37. The number of rotatable bonds is 4. The molecule has 1 atom stereocenters. The third-order valence-corrected chi connectivity index (χ3v) is 8.59. The number of anilines is 1. The molecule has 0 aliphatic carbocycles. The van der Waals surface area contributed by atoms with Crippen molar-refractivity contribution in [2.24, 2.45) is 0 Å². The summed E-state index contributed by atoms with van der Waals surface area (Å²) < 4.78 is 17.3. The molecule has 1 spiro atoms. The maximum atomic E-state index is 15.0. The molecule has 4 heterocycles. The van der Waals surface area contributed by atoms with Crippen molar-refractivity contribution in [1.82, 2.24) is 4.90 Å². The molecular formula is C35H26N2O6. The van der Waals surface area contributed by atoms with Crippen molar-refractivity contribution in [3.8, 4) is 11.5 Å². The van der Waals surface area contributed by atoms with E-state index in [1.54, 1.807) is 29.2 Å². The van der Waals surface area contributed by atoms with Gasteiger partial charge in [0, 0.05) is 12.1 Å². The number of nitrogens with zero attached hydrogens (tertiary/aromatic N) is 2. The van der Waals surface area contributed by atoms with Gasteiger partial charge in [0.1, 0.15) is 5.58 Å². The molecule has 5 aromatic rings. The number of fused-ring (bicyclic) bond motifs is 6. The number of carbonyl (C=O) groups is 2. The molecule has 43 heavy (non-hydrogen) atoms. The highest BCUT2D eigenvalue weighted by Crippen LogP contribution is 2.53. The molecule has 1 aromatic heterocycles. The van der Waals surface area contributed by atoms with Gasteiger partial charge in [0.05, 0.1) is 23.2 Å². The second-order valence-corrected chi connectivity index (χ2v) is 11.3. The highest BCUT2D eigenvalue weighted by atomic mass is 16.7. The van der Waals surface area contributed by atoms with Crippen LogP contribution in [-0.4, -0.2) is 23.5 Å². The second kappa shape index (κ2) is 9.06. The van der Waals surface area contributed by atoms with Gasteiger partial charge in [0.2, 0.25) is 12.6 Å². The van der Waals surface area contributed by atoms with Gasteiger partial charge in [-0.25, -0.2) is 0 Å². The predicted molar refractivity (Wildman–Crippen MR) is 159 cm³/mol. The Morgan fingerprint density at radius 2 is 1.56 bits per heavy atom. The second-order valence-electron chi connectivity index (χ2n) is 11.3. The summed E-state index contributed by atoms with van der Waals surface area (Å²) in [5.41, 5.74) is 3.07. The molecule has 8 rings (SSSR count). The van der Waals surface area contributed by atoms with Crippen LogP contribution in [0.4, 0.5) is 5.69 Å². The Morgan fingerprint density at radius 3 is 2.42 bits per heavy atom. The molecule has 0 fully saturated rings. The lowest BCUT2D eigenvalue weighted by atomic mass is 9.83. The lowest BCUT2D eigenvalue weighted by Crippen LogP contribution is -2.52. The third-order valence-electron chi connectivity index (χ3n) is 8.59. The van der Waals surface area contributed by atoms with Crippen LogP contribution in [0.1, 0.15) is 43.9 Å². The fourth-order valence-electron chi connectivity index (χ4n) is 6.70. The first-order chi connectivity index (χ1) is 20.9. The van der Waals surface area contributed by atoms with E-state index in [9.17, 15) is 9.59 Å². The summed E-state index contributed by atoms with van der Waals surface area (Å²) in [6.07, 6.45) is 0. The fraction of sp³-hybridized carbons (Fsp3) is 0.171. The zero-order chi connectivity index (χ0) is 29.5. The van der Waals surface area contributed by atoms with E-state index >= 15 is 4.79 Å². The van der Waals surface area contributed by atoms with Crippen LogP contribution in [-0.2, 0) is 23.4 Å². The summed E-state index contributed by atoms with van der Waals surface area (Å²) in [7, 11) is 0. The van der Waals surface area contributed by atoms with Gasteiger partial charge in [-0.2, -0.15) is 0 Å². The average molecular weight is 571 g/mol. The topological polar surface area (TPSA) is 89.3 Å².